The first-order valence-corrected chi connectivity index (χ1v) is 4.23. The zero-order valence-electron chi connectivity index (χ0n) is 7.52. The summed E-state index contributed by atoms with van der Waals surface area (Å²) in [7, 11) is 0. The topological polar surface area (TPSA) is 30.7 Å². The average Bonchev–Trinajstić information content (AvgIpc) is 2.67. The van der Waals surface area contributed by atoms with Gasteiger partial charge < -0.3 is 12.9 Å². The Balaban J connectivity index is 2.51. The summed E-state index contributed by atoms with van der Waals surface area (Å²) in [5, 5.41) is 3.63. The van der Waals surface area contributed by atoms with Crippen molar-refractivity contribution in [1.29, 1.82) is 0 Å². The van der Waals surface area contributed by atoms with Crippen LogP contribution in [0.15, 0.2) is 36.8 Å². The van der Waals surface area contributed by atoms with Crippen molar-refractivity contribution in [3.05, 3.63) is 36.8 Å². The number of hydrogen-bond donors (Lipinski definition) is 0. The molecule has 0 aromatic carbocycles. The highest BCUT2D eigenvalue weighted by molar-refractivity contribution is 6.72. The van der Waals surface area contributed by atoms with E-state index in [-0.39, 0.29) is 0 Å². The van der Waals surface area contributed by atoms with E-state index in [1.165, 1.54) is 18.5 Å². The van der Waals surface area contributed by atoms with Crippen LogP contribution in [0.2, 0.25) is 0 Å². The number of hydrogen-bond acceptors (Lipinski definition) is 2. The van der Waals surface area contributed by atoms with Crippen LogP contribution >= 0.6 is 0 Å². The molecular weight excluding hydrogens is 206 g/mol. The lowest BCUT2D eigenvalue weighted by Gasteiger charge is -2.16. The molecule has 0 aliphatic heterocycles. The largest absolute Gasteiger partial charge is 0.527 e. The summed E-state index contributed by atoms with van der Waals surface area (Å²) in [6, 6.07) is 4.03. The summed E-state index contributed by atoms with van der Waals surface area (Å²) in [6.07, 6.45) is 3.95. The monoisotopic (exact) mass is 212 g/mol. The van der Waals surface area contributed by atoms with Crippen LogP contribution in [-0.4, -0.2) is 21.7 Å². The van der Waals surface area contributed by atoms with Crippen molar-refractivity contribution in [2.75, 3.05) is 0 Å². The molecule has 2 aromatic rings. The molecular formula is C8H6BF3N3-. The molecule has 0 fully saturated rings. The minimum absolute atomic E-state index is 0.303. The second-order valence-corrected chi connectivity index (χ2v) is 2.95. The summed E-state index contributed by atoms with van der Waals surface area (Å²) in [5.41, 5.74) is -0.445. The molecule has 0 saturated heterocycles. The van der Waals surface area contributed by atoms with Crippen molar-refractivity contribution in [3.63, 3.8) is 0 Å². The first kappa shape index (κ1) is 9.76. The number of pyridine rings is 1. The van der Waals surface area contributed by atoms with Crippen LogP contribution < -0.4 is 5.59 Å². The highest BCUT2D eigenvalue weighted by Gasteiger charge is 2.30. The molecule has 2 rings (SSSR count). The van der Waals surface area contributed by atoms with Gasteiger partial charge in [0.05, 0.1) is 11.9 Å². The highest BCUT2D eigenvalue weighted by atomic mass is 19.4. The van der Waals surface area contributed by atoms with Crippen LogP contribution in [0.1, 0.15) is 0 Å². The summed E-state index contributed by atoms with van der Waals surface area (Å²) in [4.78, 5) is 3.74. The van der Waals surface area contributed by atoms with E-state index in [4.69, 9.17) is 0 Å². The Hall–Kier alpha value is -1.79. The van der Waals surface area contributed by atoms with Crippen LogP contribution in [0.3, 0.4) is 0 Å². The van der Waals surface area contributed by atoms with Gasteiger partial charge in [-0.3, -0.25) is 9.67 Å². The van der Waals surface area contributed by atoms with Crippen molar-refractivity contribution >= 4 is 12.6 Å². The molecule has 0 N–H and O–H groups in total. The second kappa shape index (κ2) is 3.41. The lowest BCUT2D eigenvalue weighted by molar-refractivity contribution is 0.495. The molecule has 7 heteroatoms. The highest BCUT2D eigenvalue weighted by Crippen LogP contribution is 2.11. The van der Waals surface area contributed by atoms with E-state index < -0.39 is 12.6 Å². The molecule has 0 radical (unpaired) electrons. The van der Waals surface area contributed by atoms with Gasteiger partial charge in [-0.2, -0.15) is 5.10 Å². The molecule has 0 bridgehead atoms. The van der Waals surface area contributed by atoms with Gasteiger partial charge >= 0.3 is 6.98 Å². The zero-order valence-corrected chi connectivity index (χ0v) is 7.52. The van der Waals surface area contributed by atoms with E-state index in [1.807, 2.05) is 0 Å². The van der Waals surface area contributed by atoms with Crippen molar-refractivity contribution < 1.29 is 12.9 Å². The van der Waals surface area contributed by atoms with Gasteiger partial charge in [-0.1, -0.05) is 6.07 Å². The van der Waals surface area contributed by atoms with E-state index >= 15 is 0 Å². The molecule has 15 heavy (non-hydrogen) atoms. The average molecular weight is 212 g/mol. The minimum Gasteiger partial charge on any atom is -0.444 e. The van der Waals surface area contributed by atoms with E-state index in [0.29, 0.717) is 5.69 Å². The summed E-state index contributed by atoms with van der Waals surface area (Å²) < 4.78 is 38.5. The van der Waals surface area contributed by atoms with Crippen LogP contribution in [0.25, 0.3) is 5.69 Å². The first-order chi connectivity index (χ1) is 7.09. The van der Waals surface area contributed by atoms with E-state index in [0.717, 1.165) is 16.9 Å². The Labute approximate surface area is 83.6 Å². The van der Waals surface area contributed by atoms with Crippen LogP contribution in [0.5, 0.6) is 0 Å². The standard InChI is InChI=1S/C8H6BF3N3/c10-9(11,12)8-3-5-14-15(8)7-2-1-4-13-6-7/h1-6H/q-1. The molecule has 0 unspecified atom stereocenters. The fourth-order valence-electron chi connectivity index (χ4n) is 1.26. The smallest absolute Gasteiger partial charge is 0.444 e. The van der Waals surface area contributed by atoms with Gasteiger partial charge in [0.25, 0.3) is 0 Å². The second-order valence-electron chi connectivity index (χ2n) is 2.95. The van der Waals surface area contributed by atoms with Crippen molar-refractivity contribution in [2.24, 2.45) is 0 Å². The Morgan fingerprint density at radius 1 is 1.13 bits per heavy atom. The van der Waals surface area contributed by atoms with Gasteiger partial charge in [0, 0.05) is 12.4 Å². The molecule has 0 saturated carbocycles. The number of nitrogens with zero attached hydrogens (tertiary/aromatic N) is 3. The Kier molecular flexibility index (Phi) is 2.22. The molecule has 0 aliphatic rings. The fraction of sp³-hybridized carbons (Fsp3) is 0. The quantitative estimate of drug-likeness (QED) is 0.702. The lowest BCUT2D eigenvalue weighted by atomic mass is 9.86. The van der Waals surface area contributed by atoms with Crippen LogP contribution in [0.4, 0.5) is 12.9 Å². The molecule has 3 nitrogen and oxygen atoms in total. The summed E-state index contributed by atoms with van der Waals surface area (Å²) >= 11 is 0. The Morgan fingerprint density at radius 2 is 1.93 bits per heavy atom. The normalized spacial score (nSPS) is 11.7. The van der Waals surface area contributed by atoms with Crippen LogP contribution in [0, 0.1) is 0 Å². The fourth-order valence-corrected chi connectivity index (χ4v) is 1.26. The van der Waals surface area contributed by atoms with Gasteiger partial charge in [0.1, 0.15) is 0 Å². The predicted octanol–water partition coefficient (Wildman–Crippen LogP) is 1.32. The van der Waals surface area contributed by atoms with E-state index in [2.05, 4.69) is 10.1 Å². The third-order valence-corrected chi connectivity index (χ3v) is 1.90. The molecule has 78 valence electrons. The zero-order chi connectivity index (χ0) is 10.9. The van der Waals surface area contributed by atoms with Crippen molar-refractivity contribution in [2.45, 2.75) is 0 Å². The predicted molar refractivity (Wildman–Crippen MR) is 50.1 cm³/mol. The van der Waals surface area contributed by atoms with E-state index in [9.17, 15) is 12.9 Å². The molecule has 2 aromatic heterocycles. The van der Waals surface area contributed by atoms with Crippen LogP contribution in [-0.2, 0) is 0 Å². The van der Waals surface area contributed by atoms with Gasteiger partial charge in [-0.05, 0) is 17.7 Å². The van der Waals surface area contributed by atoms with Gasteiger partial charge in [-0.25, -0.2) is 0 Å². The first-order valence-electron chi connectivity index (χ1n) is 4.23. The number of aromatic nitrogens is 3. The van der Waals surface area contributed by atoms with Crippen molar-refractivity contribution in [3.8, 4) is 5.69 Å². The number of halogens is 3. The molecule has 0 amide bonds. The van der Waals surface area contributed by atoms with E-state index in [1.54, 1.807) is 6.07 Å². The third-order valence-electron chi connectivity index (χ3n) is 1.90. The maximum atomic E-state index is 12.5. The summed E-state index contributed by atoms with van der Waals surface area (Å²) in [5.74, 6) is 0. The van der Waals surface area contributed by atoms with Gasteiger partial charge in [0.2, 0.25) is 0 Å². The Morgan fingerprint density at radius 3 is 2.53 bits per heavy atom. The number of rotatable bonds is 2. The molecule has 2 heterocycles. The Bertz CT molecular complexity index is 452. The maximum Gasteiger partial charge on any atom is 0.527 e. The SMILES string of the molecule is F[B-](F)(F)c1ccnn1-c1cccnc1. The van der Waals surface area contributed by atoms with Crippen molar-refractivity contribution in [1.82, 2.24) is 14.8 Å². The third kappa shape index (κ3) is 1.85. The lowest BCUT2D eigenvalue weighted by Crippen LogP contribution is -2.39. The molecule has 0 aliphatic carbocycles. The van der Waals surface area contributed by atoms with Gasteiger partial charge in [-0.15, -0.1) is 0 Å². The minimum atomic E-state index is -5.05. The maximum absolute atomic E-state index is 12.5. The van der Waals surface area contributed by atoms with Gasteiger partial charge in [0.15, 0.2) is 0 Å². The summed E-state index contributed by atoms with van der Waals surface area (Å²) in [6.45, 7) is -5.05. The molecule has 0 spiro atoms. The molecule has 0 atom stereocenters.